The van der Waals surface area contributed by atoms with Gasteiger partial charge in [-0.25, -0.2) is 4.70 Å². The first-order valence-electron chi connectivity index (χ1n) is 27.7. The van der Waals surface area contributed by atoms with Crippen LogP contribution in [0.2, 0.25) is 0 Å². The van der Waals surface area contributed by atoms with Crippen molar-refractivity contribution in [2.45, 2.75) is 287 Å². The van der Waals surface area contributed by atoms with Gasteiger partial charge in [-0.1, -0.05) is 184 Å². The first-order chi connectivity index (χ1) is 30.4. The maximum absolute atomic E-state index is 13.2. The third-order valence-electron chi connectivity index (χ3n) is 14.1. The Morgan fingerprint density at radius 3 is 0.857 bits per heavy atom. The van der Waals surface area contributed by atoms with E-state index in [1.165, 1.54) is 208 Å². The topological polar surface area (TPSA) is 25.3 Å². The molecule has 0 bridgehead atoms. The molecule has 0 unspecified atom stereocenters. The quantitative estimate of drug-likeness (QED) is 0.0364. The molecular weight excluding hydrogens is 855 g/mol. The van der Waals surface area contributed by atoms with E-state index in [1.807, 2.05) is 0 Å². The van der Waals surface area contributed by atoms with Gasteiger partial charge in [-0.05, 0) is 160 Å². The largest absolute Gasteiger partial charge is 0.493 e. The molecule has 0 aliphatic carbocycles. The van der Waals surface area contributed by atoms with E-state index >= 15 is 0 Å². The van der Waals surface area contributed by atoms with E-state index in [9.17, 15) is 5.53 Å². The summed E-state index contributed by atoms with van der Waals surface area (Å²) >= 11 is 0. The maximum atomic E-state index is 13.2. The van der Waals surface area contributed by atoms with Crippen molar-refractivity contribution >= 4 is 11.4 Å². The number of rotatable bonds is 38. The van der Waals surface area contributed by atoms with Crippen LogP contribution in [-0.2, 0) is 58.9 Å². The molecule has 1 heterocycles. The van der Waals surface area contributed by atoms with Gasteiger partial charge in [0, 0.05) is 42.7 Å². The summed E-state index contributed by atoms with van der Waals surface area (Å²) in [6.07, 6.45) is 44.8. The standard InChI is InChI=1S/C60H100N2.Pd/c1-9-17-25-30-31-36-44-58-57(43-24-16-8)59(53-45-49(37-32-26-18-10-2)55(41-22-14-6)50(46-53)38-33-27-19-11-3)62(61)60(58)54-47-51(39-34-28-20-12-4)56(42-23-15-7)52(48-54)40-35-29-21-13-5;/h45-48H,9-44H2,1-8H3;. The van der Waals surface area contributed by atoms with E-state index in [0.29, 0.717) is 0 Å². The van der Waals surface area contributed by atoms with Crippen molar-refractivity contribution in [3.05, 3.63) is 85.5 Å². The number of benzene rings is 2. The summed E-state index contributed by atoms with van der Waals surface area (Å²) in [6.45, 7) is 18.7. The van der Waals surface area contributed by atoms with Crippen molar-refractivity contribution in [2.24, 2.45) is 0 Å². The minimum Gasteiger partial charge on any atom is -0.493 e. The van der Waals surface area contributed by atoms with Crippen LogP contribution < -0.4 is 0 Å². The van der Waals surface area contributed by atoms with Gasteiger partial charge in [0.1, 0.15) is 0 Å². The summed E-state index contributed by atoms with van der Waals surface area (Å²) in [7, 11) is 0. The molecule has 0 radical (unpaired) electrons. The molecule has 0 N–H and O–H groups in total. The third kappa shape index (κ3) is 19.5. The molecule has 1 aliphatic rings. The Morgan fingerprint density at radius 1 is 0.302 bits per heavy atom. The molecule has 0 fully saturated rings. The fraction of sp³-hybridized carbons (Fsp3) is 0.733. The second-order valence-corrected chi connectivity index (χ2v) is 19.6. The van der Waals surface area contributed by atoms with Gasteiger partial charge in [0.25, 0.3) is 0 Å². The van der Waals surface area contributed by atoms with Crippen molar-refractivity contribution in [2.75, 3.05) is 0 Å². The summed E-state index contributed by atoms with van der Waals surface area (Å²) < 4.78 is 1.77. The van der Waals surface area contributed by atoms with E-state index in [-0.39, 0.29) is 20.4 Å². The fourth-order valence-corrected chi connectivity index (χ4v) is 10.3. The van der Waals surface area contributed by atoms with Crippen molar-refractivity contribution in [1.82, 2.24) is 0 Å². The Hall–Kier alpha value is -1.82. The Bertz CT molecular complexity index is 1540. The Morgan fingerprint density at radius 2 is 0.540 bits per heavy atom. The second kappa shape index (κ2) is 35.4. The van der Waals surface area contributed by atoms with Crippen molar-refractivity contribution in [1.29, 1.82) is 0 Å². The zero-order chi connectivity index (χ0) is 44.8. The van der Waals surface area contributed by atoms with Crippen molar-refractivity contribution in [3.8, 4) is 0 Å². The molecule has 0 aromatic heterocycles. The fourth-order valence-electron chi connectivity index (χ4n) is 10.3. The Balaban J connectivity index is 0.0000137. The molecule has 0 amide bonds. The van der Waals surface area contributed by atoms with E-state index < -0.39 is 0 Å². The SMILES string of the molecule is CCCCCCCCC1=C(c2cc(CCCCCC)c(CCCC)c(CCCCCC)c2)[N+](=[N-])C(c2cc(CCCCCC)c(CCCC)c(CCCCCC)c2)=C1CCCC.[Pd]. The molecule has 0 saturated heterocycles. The number of nitrogens with zero attached hydrogens (tertiary/aromatic N) is 2. The average Bonchev–Trinajstić information content (AvgIpc) is 3.56. The molecule has 2 aromatic rings. The van der Waals surface area contributed by atoms with Gasteiger partial charge in [-0.15, -0.1) is 0 Å². The summed E-state index contributed by atoms with van der Waals surface area (Å²) in [5.41, 5.74) is 30.4. The van der Waals surface area contributed by atoms with Crippen LogP contribution in [0.5, 0.6) is 0 Å². The third-order valence-corrected chi connectivity index (χ3v) is 14.1. The van der Waals surface area contributed by atoms with Crippen LogP contribution in [0.15, 0.2) is 35.4 Å². The summed E-state index contributed by atoms with van der Waals surface area (Å²) in [6, 6.07) is 10.3. The molecule has 2 aromatic carbocycles. The van der Waals surface area contributed by atoms with Gasteiger partial charge < -0.3 is 5.53 Å². The van der Waals surface area contributed by atoms with E-state index in [2.05, 4.69) is 79.7 Å². The number of allylic oxidation sites excluding steroid dienone is 2. The van der Waals surface area contributed by atoms with Crippen LogP contribution >= 0.6 is 0 Å². The molecule has 63 heavy (non-hydrogen) atoms. The summed E-state index contributed by atoms with van der Waals surface area (Å²) in [5, 5.41) is 0. The van der Waals surface area contributed by atoms with Crippen molar-refractivity contribution < 1.29 is 25.1 Å². The number of unbranched alkanes of at least 4 members (excludes halogenated alkanes) is 20. The van der Waals surface area contributed by atoms with Crippen LogP contribution in [0.1, 0.15) is 293 Å². The molecule has 0 saturated carbocycles. The summed E-state index contributed by atoms with van der Waals surface area (Å²) in [5.74, 6) is 0. The minimum absolute atomic E-state index is 0. The van der Waals surface area contributed by atoms with E-state index in [0.717, 1.165) is 56.3 Å². The van der Waals surface area contributed by atoms with Crippen LogP contribution in [0, 0.1) is 0 Å². The van der Waals surface area contributed by atoms with Crippen LogP contribution in [0.3, 0.4) is 0 Å². The van der Waals surface area contributed by atoms with Crippen LogP contribution in [-0.4, -0.2) is 4.70 Å². The molecule has 360 valence electrons. The predicted octanol–water partition coefficient (Wildman–Crippen LogP) is 20.0. The minimum atomic E-state index is 0. The van der Waals surface area contributed by atoms with Gasteiger partial charge in [0.15, 0.2) is 0 Å². The molecule has 0 spiro atoms. The molecule has 0 atom stereocenters. The number of aryl methyl sites for hydroxylation is 4. The summed E-state index contributed by atoms with van der Waals surface area (Å²) in [4.78, 5) is 0. The normalized spacial score (nSPS) is 12.9. The van der Waals surface area contributed by atoms with E-state index in [1.54, 1.807) is 38.1 Å². The number of hydrogen-bond acceptors (Lipinski definition) is 0. The smallest absolute Gasteiger partial charge is 0.211 e. The Kier molecular flexibility index (Phi) is 32.2. The van der Waals surface area contributed by atoms with Gasteiger partial charge >= 0.3 is 0 Å². The molecule has 2 nitrogen and oxygen atoms in total. The maximum Gasteiger partial charge on any atom is 0.211 e. The molecule has 1 aliphatic heterocycles. The molecule has 3 heteroatoms. The average molecular weight is 956 g/mol. The zero-order valence-electron chi connectivity index (χ0n) is 43.0. The van der Waals surface area contributed by atoms with Gasteiger partial charge in [-0.2, -0.15) is 0 Å². The van der Waals surface area contributed by atoms with Gasteiger partial charge in [0.05, 0.1) is 0 Å². The predicted molar refractivity (Wildman–Crippen MR) is 276 cm³/mol. The monoisotopic (exact) mass is 955 g/mol. The van der Waals surface area contributed by atoms with Gasteiger partial charge in [-0.3, -0.25) is 0 Å². The van der Waals surface area contributed by atoms with Crippen LogP contribution in [0.25, 0.3) is 16.9 Å². The molecular formula is C60H100N2Pd. The first-order valence-corrected chi connectivity index (χ1v) is 27.7. The number of hydrogen-bond donors (Lipinski definition) is 0. The van der Waals surface area contributed by atoms with Gasteiger partial charge in [0.2, 0.25) is 11.4 Å². The van der Waals surface area contributed by atoms with Crippen molar-refractivity contribution in [3.63, 3.8) is 0 Å². The Labute approximate surface area is 406 Å². The second-order valence-electron chi connectivity index (χ2n) is 19.6. The zero-order valence-corrected chi connectivity index (χ0v) is 44.5. The first kappa shape index (κ1) is 57.3. The van der Waals surface area contributed by atoms with Crippen LogP contribution in [0.4, 0.5) is 0 Å². The molecule has 3 rings (SSSR count). The van der Waals surface area contributed by atoms with E-state index in [4.69, 9.17) is 0 Å².